The second-order valence-electron chi connectivity index (χ2n) is 6.44. The highest BCUT2D eigenvalue weighted by molar-refractivity contribution is 6.30. The fourth-order valence-electron chi connectivity index (χ4n) is 3.36. The second-order valence-corrected chi connectivity index (χ2v) is 6.88. The molecule has 1 aliphatic heterocycles. The lowest BCUT2D eigenvalue weighted by molar-refractivity contribution is -0.138. The van der Waals surface area contributed by atoms with Gasteiger partial charge in [0.05, 0.1) is 32.0 Å². The van der Waals surface area contributed by atoms with Gasteiger partial charge < -0.3 is 14.2 Å². The molecule has 2 aromatic carbocycles. The van der Waals surface area contributed by atoms with Gasteiger partial charge in [0, 0.05) is 22.0 Å². The van der Waals surface area contributed by atoms with Crippen LogP contribution in [0.2, 0.25) is 5.02 Å². The number of rotatable bonds is 6. The number of hydrogen-bond donors (Lipinski definition) is 0. The van der Waals surface area contributed by atoms with Gasteiger partial charge in [0.2, 0.25) is 0 Å². The number of esters is 1. The highest BCUT2D eigenvalue weighted by Crippen LogP contribution is 2.38. The molecule has 0 saturated heterocycles. The molecule has 1 amide bonds. The molecule has 0 spiro atoms. The number of ether oxygens (including phenoxy) is 3. The quantitative estimate of drug-likeness (QED) is 0.497. The van der Waals surface area contributed by atoms with Crippen LogP contribution < -0.4 is 14.4 Å². The zero-order chi connectivity index (χ0) is 21.8. The van der Waals surface area contributed by atoms with E-state index in [1.54, 1.807) is 62.4 Å². The van der Waals surface area contributed by atoms with Crippen molar-refractivity contribution in [2.45, 2.75) is 13.8 Å². The Kier molecular flexibility index (Phi) is 6.47. The van der Waals surface area contributed by atoms with Crippen molar-refractivity contribution < 1.29 is 23.8 Å². The molecule has 0 aromatic heterocycles. The Bertz CT molecular complexity index is 1040. The summed E-state index contributed by atoms with van der Waals surface area (Å²) in [6.45, 7) is 3.62. The number of amides is 1. The van der Waals surface area contributed by atoms with E-state index in [-0.39, 0.29) is 23.7 Å². The summed E-state index contributed by atoms with van der Waals surface area (Å²) in [4.78, 5) is 27.6. The number of carbonyl (C=O) groups excluding carboxylic acids is 2. The molecule has 7 heteroatoms. The molecule has 156 valence electrons. The maximum Gasteiger partial charge on any atom is 0.340 e. The number of anilines is 1. The fourth-order valence-corrected chi connectivity index (χ4v) is 3.49. The lowest BCUT2D eigenvalue weighted by Gasteiger charge is -2.18. The Morgan fingerprint density at radius 1 is 1.10 bits per heavy atom. The van der Waals surface area contributed by atoms with Crippen molar-refractivity contribution in [2.24, 2.45) is 0 Å². The first kappa shape index (κ1) is 21.5. The van der Waals surface area contributed by atoms with Gasteiger partial charge in [-0.3, -0.25) is 9.69 Å². The minimum absolute atomic E-state index is 0.195. The molecule has 0 saturated carbocycles. The van der Waals surface area contributed by atoms with Crippen LogP contribution in [0.5, 0.6) is 11.5 Å². The molecule has 0 unspecified atom stereocenters. The summed E-state index contributed by atoms with van der Waals surface area (Å²) in [7, 11) is 3.05. The average Bonchev–Trinajstić information content (AvgIpc) is 2.98. The van der Waals surface area contributed by atoms with E-state index in [1.165, 1.54) is 19.1 Å². The Balaban J connectivity index is 2.18. The lowest BCUT2D eigenvalue weighted by atomic mass is 10.0. The van der Waals surface area contributed by atoms with Crippen LogP contribution in [0.15, 0.2) is 59.3 Å². The van der Waals surface area contributed by atoms with Crippen LogP contribution in [0.3, 0.4) is 0 Å². The van der Waals surface area contributed by atoms with Crippen LogP contribution in [0.1, 0.15) is 19.4 Å². The lowest BCUT2D eigenvalue weighted by Crippen LogP contribution is -2.24. The first-order valence-electron chi connectivity index (χ1n) is 9.34. The molecule has 30 heavy (non-hydrogen) atoms. The van der Waals surface area contributed by atoms with E-state index in [1.807, 2.05) is 0 Å². The van der Waals surface area contributed by atoms with E-state index in [2.05, 4.69) is 0 Å². The Labute approximate surface area is 180 Å². The third-order valence-corrected chi connectivity index (χ3v) is 4.95. The molecule has 0 fully saturated rings. The number of nitrogens with zero attached hydrogens (tertiary/aromatic N) is 1. The predicted octanol–water partition coefficient (Wildman–Crippen LogP) is 4.62. The summed E-state index contributed by atoms with van der Waals surface area (Å²) in [5, 5.41) is 0.550. The Morgan fingerprint density at radius 2 is 1.80 bits per heavy atom. The highest BCUT2D eigenvalue weighted by Gasteiger charge is 2.38. The van der Waals surface area contributed by atoms with Gasteiger partial charge in [0.1, 0.15) is 0 Å². The Morgan fingerprint density at radius 3 is 2.40 bits per heavy atom. The van der Waals surface area contributed by atoms with Crippen molar-refractivity contribution in [3.63, 3.8) is 0 Å². The molecule has 0 atom stereocenters. The van der Waals surface area contributed by atoms with E-state index in [0.29, 0.717) is 33.5 Å². The van der Waals surface area contributed by atoms with Crippen LogP contribution >= 0.6 is 11.6 Å². The minimum atomic E-state index is -0.562. The monoisotopic (exact) mass is 427 g/mol. The molecule has 6 nitrogen and oxygen atoms in total. The second kappa shape index (κ2) is 9.05. The van der Waals surface area contributed by atoms with E-state index in [4.69, 9.17) is 25.8 Å². The summed E-state index contributed by atoms with van der Waals surface area (Å²) in [5.74, 6) is 0.0759. The van der Waals surface area contributed by atoms with Gasteiger partial charge in [-0.05, 0) is 50.3 Å². The van der Waals surface area contributed by atoms with Gasteiger partial charge in [-0.25, -0.2) is 4.79 Å². The topological polar surface area (TPSA) is 65.1 Å². The number of hydrogen-bond acceptors (Lipinski definition) is 5. The minimum Gasteiger partial charge on any atom is -0.493 e. The molecular formula is C23H22ClNO5. The molecule has 2 aromatic rings. The zero-order valence-electron chi connectivity index (χ0n) is 17.2. The third kappa shape index (κ3) is 3.91. The van der Waals surface area contributed by atoms with E-state index in [9.17, 15) is 9.59 Å². The van der Waals surface area contributed by atoms with Gasteiger partial charge in [0.25, 0.3) is 5.91 Å². The summed E-state index contributed by atoms with van der Waals surface area (Å²) >= 11 is 5.98. The van der Waals surface area contributed by atoms with Gasteiger partial charge >= 0.3 is 5.97 Å². The standard InChI is InChI=1S/C23H22ClNO5/c1-5-30-23(27)20-14(2)25(17-11-9-16(24)10-12-17)22(26)18(20)13-15-7-6-8-19(28-3)21(15)29-4/h6-13H,5H2,1-4H3/b18-13-. The Hall–Kier alpha value is -3.25. The third-order valence-electron chi connectivity index (χ3n) is 4.70. The van der Waals surface area contributed by atoms with Crippen molar-refractivity contribution in [3.05, 3.63) is 69.9 Å². The molecule has 1 heterocycles. The largest absolute Gasteiger partial charge is 0.493 e. The maximum atomic E-state index is 13.4. The number of methoxy groups -OCH3 is 2. The zero-order valence-corrected chi connectivity index (χ0v) is 17.9. The maximum absolute atomic E-state index is 13.4. The SMILES string of the molecule is CCOC(=O)C1=C(C)N(c2ccc(Cl)cc2)C(=O)/C1=C\c1cccc(OC)c1OC. The predicted molar refractivity (Wildman–Crippen MR) is 116 cm³/mol. The van der Waals surface area contributed by atoms with Crippen LogP contribution in [0, 0.1) is 0 Å². The van der Waals surface area contributed by atoms with Gasteiger partial charge in [-0.2, -0.15) is 0 Å². The van der Waals surface area contributed by atoms with Crippen LogP contribution in [0.25, 0.3) is 6.08 Å². The molecule has 0 N–H and O–H groups in total. The van der Waals surface area contributed by atoms with Crippen molar-refractivity contribution in [3.8, 4) is 11.5 Å². The number of carbonyl (C=O) groups is 2. The number of halogens is 1. The molecule has 3 rings (SSSR count). The first-order chi connectivity index (χ1) is 14.4. The van der Waals surface area contributed by atoms with E-state index in [0.717, 1.165) is 0 Å². The normalized spacial score (nSPS) is 15.0. The van der Waals surface area contributed by atoms with E-state index >= 15 is 0 Å². The highest BCUT2D eigenvalue weighted by atomic mass is 35.5. The number of para-hydroxylation sites is 1. The molecule has 0 radical (unpaired) electrons. The van der Waals surface area contributed by atoms with Crippen molar-refractivity contribution in [1.82, 2.24) is 0 Å². The smallest absolute Gasteiger partial charge is 0.340 e. The fraction of sp³-hybridized carbons (Fsp3) is 0.217. The van der Waals surface area contributed by atoms with Crippen LogP contribution in [0.4, 0.5) is 5.69 Å². The summed E-state index contributed by atoms with van der Waals surface area (Å²) in [6, 6.07) is 12.1. The van der Waals surface area contributed by atoms with Crippen molar-refractivity contribution in [2.75, 3.05) is 25.7 Å². The number of allylic oxidation sites excluding steroid dienone is 1. The van der Waals surface area contributed by atoms with Crippen LogP contribution in [-0.4, -0.2) is 32.7 Å². The van der Waals surface area contributed by atoms with Gasteiger partial charge in [-0.15, -0.1) is 0 Å². The van der Waals surface area contributed by atoms with Gasteiger partial charge in [0.15, 0.2) is 11.5 Å². The molecule has 0 bridgehead atoms. The van der Waals surface area contributed by atoms with Crippen molar-refractivity contribution in [1.29, 1.82) is 0 Å². The molecule has 1 aliphatic rings. The summed E-state index contributed by atoms with van der Waals surface area (Å²) < 4.78 is 16.0. The molecular weight excluding hydrogens is 406 g/mol. The number of benzene rings is 2. The average molecular weight is 428 g/mol. The van der Waals surface area contributed by atoms with Crippen LogP contribution in [-0.2, 0) is 14.3 Å². The summed E-state index contributed by atoms with van der Waals surface area (Å²) in [6.07, 6.45) is 1.62. The van der Waals surface area contributed by atoms with Crippen molar-refractivity contribution >= 4 is 35.2 Å². The van der Waals surface area contributed by atoms with E-state index < -0.39 is 5.97 Å². The summed E-state index contributed by atoms with van der Waals surface area (Å²) in [5.41, 5.74) is 2.11. The first-order valence-corrected chi connectivity index (χ1v) is 9.71. The van der Waals surface area contributed by atoms with Gasteiger partial charge in [-0.1, -0.05) is 23.7 Å². The molecule has 0 aliphatic carbocycles.